The van der Waals surface area contributed by atoms with E-state index in [9.17, 15) is 0 Å². The molecule has 4 rings (SSSR count). The second-order valence-corrected chi connectivity index (χ2v) is 6.37. The van der Waals surface area contributed by atoms with Crippen molar-refractivity contribution in [2.75, 3.05) is 5.73 Å². The largest absolute Gasteiger partial charge is 0.382 e. The van der Waals surface area contributed by atoms with Crippen LogP contribution in [0, 0.1) is 13.8 Å². The van der Waals surface area contributed by atoms with E-state index in [1.165, 1.54) is 5.56 Å². The van der Waals surface area contributed by atoms with Crippen LogP contribution < -0.4 is 5.73 Å². The maximum atomic E-state index is 6.22. The van der Waals surface area contributed by atoms with Crippen LogP contribution in [0.2, 0.25) is 5.02 Å². The molecule has 2 aromatic carbocycles. The van der Waals surface area contributed by atoms with Gasteiger partial charge in [0, 0.05) is 10.6 Å². The molecule has 0 atom stereocenters. The molecule has 2 N–H and O–H groups in total. The van der Waals surface area contributed by atoms with Crippen molar-refractivity contribution < 1.29 is 4.52 Å². The summed E-state index contributed by atoms with van der Waals surface area (Å²) in [4.78, 5) is 4.36. The van der Waals surface area contributed by atoms with Crippen molar-refractivity contribution in [3.63, 3.8) is 0 Å². The standard InChI is InChI=1S/C18H15ClN6O/c1-10-3-8-14(9-11(10)2)25-16(20)15(22-24-25)18-21-17(23-26-18)12-4-6-13(19)7-5-12/h3-9H,20H2,1-2H3. The van der Waals surface area contributed by atoms with Gasteiger partial charge in [-0.15, -0.1) is 5.10 Å². The predicted molar refractivity (Wildman–Crippen MR) is 99.0 cm³/mol. The Labute approximate surface area is 154 Å². The van der Waals surface area contributed by atoms with Crippen LogP contribution in [0.1, 0.15) is 11.1 Å². The van der Waals surface area contributed by atoms with E-state index in [0.29, 0.717) is 22.4 Å². The van der Waals surface area contributed by atoms with Crippen LogP contribution >= 0.6 is 11.6 Å². The molecular weight excluding hydrogens is 352 g/mol. The van der Waals surface area contributed by atoms with Gasteiger partial charge >= 0.3 is 0 Å². The van der Waals surface area contributed by atoms with Crippen molar-refractivity contribution in [2.45, 2.75) is 13.8 Å². The number of aryl methyl sites for hydroxylation is 2. The van der Waals surface area contributed by atoms with Crippen LogP contribution in [0.4, 0.5) is 5.82 Å². The monoisotopic (exact) mass is 366 g/mol. The van der Waals surface area contributed by atoms with Crippen molar-refractivity contribution >= 4 is 17.4 Å². The van der Waals surface area contributed by atoms with Gasteiger partial charge in [0.25, 0.3) is 5.89 Å². The molecule has 0 amide bonds. The fourth-order valence-electron chi connectivity index (χ4n) is 2.53. The zero-order valence-corrected chi connectivity index (χ0v) is 14.9. The number of halogens is 1. The molecule has 0 aliphatic rings. The number of nitrogens with zero attached hydrogens (tertiary/aromatic N) is 5. The summed E-state index contributed by atoms with van der Waals surface area (Å²) in [6, 6.07) is 13.1. The van der Waals surface area contributed by atoms with Crippen LogP contribution in [0.5, 0.6) is 0 Å². The lowest BCUT2D eigenvalue weighted by atomic mass is 10.1. The summed E-state index contributed by atoms with van der Waals surface area (Å²) in [5.74, 6) is 0.971. The fraction of sp³-hybridized carbons (Fsp3) is 0.111. The van der Waals surface area contributed by atoms with Crippen molar-refractivity contribution in [3.05, 3.63) is 58.6 Å². The number of anilines is 1. The SMILES string of the molecule is Cc1ccc(-n2nnc(-c3nc(-c4ccc(Cl)cc4)no3)c2N)cc1C. The molecule has 0 bridgehead atoms. The molecule has 2 aromatic heterocycles. The first-order valence-electron chi connectivity index (χ1n) is 7.92. The van der Waals surface area contributed by atoms with Crippen LogP contribution in [-0.2, 0) is 0 Å². The van der Waals surface area contributed by atoms with Crippen molar-refractivity contribution in [1.82, 2.24) is 25.1 Å². The van der Waals surface area contributed by atoms with Crippen LogP contribution in [0.15, 0.2) is 47.0 Å². The third-order valence-corrected chi connectivity index (χ3v) is 4.42. The first-order chi connectivity index (χ1) is 12.5. The number of benzene rings is 2. The second-order valence-electron chi connectivity index (χ2n) is 5.93. The van der Waals surface area contributed by atoms with Crippen LogP contribution in [-0.4, -0.2) is 25.1 Å². The molecule has 2 heterocycles. The summed E-state index contributed by atoms with van der Waals surface area (Å²) in [6.07, 6.45) is 0. The van der Waals surface area contributed by atoms with Gasteiger partial charge in [-0.2, -0.15) is 9.67 Å². The summed E-state index contributed by atoms with van der Waals surface area (Å²) < 4.78 is 6.87. The van der Waals surface area contributed by atoms with E-state index in [0.717, 1.165) is 16.8 Å². The Kier molecular flexibility index (Phi) is 3.93. The van der Waals surface area contributed by atoms with E-state index in [2.05, 4.69) is 20.5 Å². The van der Waals surface area contributed by atoms with Gasteiger partial charge in [-0.25, -0.2) is 0 Å². The number of nitrogens with two attached hydrogens (primary N) is 1. The van der Waals surface area contributed by atoms with Gasteiger partial charge < -0.3 is 10.3 Å². The number of hydrogen-bond donors (Lipinski definition) is 1. The average Bonchev–Trinajstić information content (AvgIpc) is 3.25. The molecule has 26 heavy (non-hydrogen) atoms. The van der Waals surface area contributed by atoms with E-state index >= 15 is 0 Å². The van der Waals surface area contributed by atoms with E-state index < -0.39 is 0 Å². The van der Waals surface area contributed by atoms with Gasteiger partial charge in [0.15, 0.2) is 11.5 Å². The lowest BCUT2D eigenvalue weighted by Crippen LogP contribution is -2.03. The summed E-state index contributed by atoms with van der Waals surface area (Å²) in [7, 11) is 0. The van der Waals surface area contributed by atoms with E-state index in [-0.39, 0.29) is 5.89 Å². The first kappa shape index (κ1) is 16.3. The topological polar surface area (TPSA) is 95.6 Å². The molecule has 0 saturated carbocycles. The van der Waals surface area contributed by atoms with Gasteiger partial charge in [0.1, 0.15) is 0 Å². The summed E-state index contributed by atoms with van der Waals surface area (Å²) in [5.41, 5.74) is 10.5. The normalized spacial score (nSPS) is 11.0. The lowest BCUT2D eigenvalue weighted by molar-refractivity contribution is 0.431. The van der Waals surface area contributed by atoms with Gasteiger partial charge in [-0.1, -0.05) is 28.0 Å². The summed E-state index contributed by atoms with van der Waals surface area (Å²) in [5, 5.41) is 12.8. The maximum Gasteiger partial charge on any atom is 0.282 e. The molecule has 7 nitrogen and oxygen atoms in total. The third-order valence-electron chi connectivity index (χ3n) is 4.17. The minimum Gasteiger partial charge on any atom is -0.382 e. The molecule has 0 aliphatic heterocycles. The zero-order valence-electron chi connectivity index (χ0n) is 14.1. The van der Waals surface area contributed by atoms with Crippen LogP contribution in [0.25, 0.3) is 28.7 Å². The second kappa shape index (κ2) is 6.27. The predicted octanol–water partition coefficient (Wildman–Crippen LogP) is 3.84. The van der Waals surface area contributed by atoms with E-state index in [4.69, 9.17) is 21.9 Å². The Morgan fingerprint density at radius 2 is 1.81 bits per heavy atom. The Balaban J connectivity index is 1.70. The van der Waals surface area contributed by atoms with Crippen molar-refractivity contribution in [2.24, 2.45) is 0 Å². The lowest BCUT2D eigenvalue weighted by Gasteiger charge is -2.06. The smallest absolute Gasteiger partial charge is 0.282 e. The Morgan fingerprint density at radius 3 is 2.54 bits per heavy atom. The maximum absolute atomic E-state index is 6.22. The highest BCUT2D eigenvalue weighted by molar-refractivity contribution is 6.30. The Morgan fingerprint density at radius 1 is 1.04 bits per heavy atom. The minimum atomic E-state index is 0.211. The first-order valence-corrected chi connectivity index (χ1v) is 8.29. The van der Waals surface area contributed by atoms with Crippen molar-refractivity contribution in [1.29, 1.82) is 0 Å². The summed E-state index contributed by atoms with van der Waals surface area (Å²) >= 11 is 5.90. The van der Waals surface area contributed by atoms with Gasteiger partial charge in [-0.05, 0) is 61.4 Å². The van der Waals surface area contributed by atoms with Gasteiger partial charge in [0.05, 0.1) is 5.69 Å². The third kappa shape index (κ3) is 2.82. The quantitative estimate of drug-likeness (QED) is 0.591. The molecule has 0 spiro atoms. The highest BCUT2D eigenvalue weighted by atomic mass is 35.5. The molecule has 0 saturated heterocycles. The average molecular weight is 367 g/mol. The summed E-state index contributed by atoms with van der Waals surface area (Å²) in [6.45, 7) is 4.08. The highest BCUT2D eigenvalue weighted by Gasteiger charge is 2.20. The van der Waals surface area contributed by atoms with Crippen LogP contribution in [0.3, 0.4) is 0 Å². The van der Waals surface area contributed by atoms with Crippen molar-refractivity contribution in [3.8, 4) is 28.7 Å². The molecule has 0 fully saturated rings. The minimum absolute atomic E-state index is 0.211. The molecule has 8 heteroatoms. The molecule has 0 aliphatic carbocycles. The molecule has 0 unspecified atom stereocenters. The fourth-order valence-corrected chi connectivity index (χ4v) is 2.65. The van der Waals surface area contributed by atoms with Gasteiger partial charge in [-0.3, -0.25) is 0 Å². The van der Waals surface area contributed by atoms with Gasteiger partial charge in [0.2, 0.25) is 5.82 Å². The molecule has 0 radical (unpaired) electrons. The number of aromatic nitrogens is 5. The molecular formula is C18H15ClN6O. The number of nitrogen functional groups attached to an aromatic ring is 1. The molecule has 130 valence electrons. The zero-order chi connectivity index (χ0) is 18.3. The Bertz CT molecular complexity index is 1080. The molecule has 4 aromatic rings. The highest BCUT2D eigenvalue weighted by Crippen LogP contribution is 2.27. The number of rotatable bonds is 3. The van der Waals surface area contributed by atoms with E-state index in [1.807, 2.05) is 44.2 Å². The van der Waals surface area contributed by atoms with E-state index in [1.54, 1.807) is 16.8 Å². The Hall–Kier alpha value is -3.19. The number of hydrogen-bond acceptors (Lipinski definition) is 6.